The number of amides is 2. The van der Waals surface area contributed by atoms with Gasteiger partial charge in [-0.1, -0.05) is 31.5 Å². The number of benzene rings is 1. The van der Waals surface area contributed by atoms with Crippen molar-refractivity contribution in [1.82, 2.24) is 10.6 Å². The molecule has 1 aliphatic rings. The van der Waals surface area contributed by atoms with Crippen molar-refractivity contribution >= 4 is 27.6 Å². The average molecular weight is 410 g/mol. The molecule has 1 aromatic rings. The predicted octanol–water partition coefficient (Wildman–Crippen LogP) is 0.596. The molecule has 154 valence electrons. The number of rotatable bonds is 7. The maximum Gasteiger partial charge on any atom is 0.329 e. The largest absolute Gasteiger partial charge is 0.454 e. The van der Waals surface area contributed by atoms with Crippen LogP contribution in [-0.4, -0.2) is 56.4 Å². The standard InChI is InChI=1S/C19H26N2O6S/c1-12(2)17(21-18(23)14-6-4-13(3)5-7-14)19(24)27-10-16(22)20-15-8-9-28(25,26)11-15/h4-7,12,15,17H,8-11H2,1-3H3,(H,20,22)(H,21,23)/t15?,17-/m0/s1. The van der Waals surface area contributed by atoms with Crippen LogP contribution in [0.5, 0.6) is 0 Å². The summed E-state index contributed by atoms with van der Waals surface area (Å²) in [5.74, 6) is -2.00. The second kappa shape index (κ2) is 9.18. The van der Waals surface area contributed by atoms with Crippen molar-refractivity contribution in [3.05, 3.63) is 35.4 Å². The second-order valence-corrected chi connectivity index (χ2v) is 9.57. The Kier molecular flexibility index (Phi) is 7.17. The molecule has 1 unspecified atom stereocenters. The highest BCUT2D eigenvalue weighted by Gasteiger charge is 2.30. The van der Waals surface area contributed by atoms with Crippen molar-refractivity contribution in [2.24, 2.45) is 5.92 Å². The van der Waals surface area contributed by atoms with Gasteiger partial charge in [-0.25, -0.2) is 13.2 Å². The van der Waals surface area contributed by atoms with Crippen molar-refractivity contribution < 1.29 is 27.5 Å². The van der Waals surface area contributed by atoms with Crippen molar-refractivity contribution in [2.75, 3.05) is 18.1 Å². The van der Waals surface area contributed by atoms with E-state index in [4.69, 9.17) is 4.74 Å². The van der Waals surface area contributed by atoms with E-state index in [1.165, 1.54) is 0 Å². The van der Waals surface area contributed by atoms with Gasteiger partial charge in [-0.2, -0.15) is 0 Å². The first-order chi connectivity index (χ1) is 13.1. The van der Waals surface area contributed by atoms with Gasteiger partial charge in [0.2, 0.25) is 0 Å². The average Bonchev–Trinajstić information content (AvgIpc) is 2.96. The summed E-state index contributed by atoms with van der Waals surface area (Å²) in [5.41, 5.74) is 1.43. The van der Waals surface area contributed by atoms with E-state index in [0.29, 0.717) is 12.0 Å². The first-order valence-corrected chi connectivity index (χ1v) is 10.9. The molecule has 0 aromatic heterocycles. The molecule has 0 radical (unpaired) electrons. The Morgan fingerprint density at radius 1 is 1.18 bits per heavy atom. The number of sulfone groups is 1. The van der Waals surface area contributed by atoms with Crippen LogP contribution in [0.25, 0.3) is 0 Å². The molecule has 0 aliphatic carbocycles. The fraction of sp³-hybridized carbons (Fsp3) is 0.526. The molecule has 2 amide bonds. The summed E-state index contributed by atoms with van der Waals surface area (Å²) in [6, 6.07) is 5.55. The number of nitrogens with one attached hydrogen (secondary N) is 2. The number of carbonyl (C=O) groups is 3. The Labute approximate surface area is 164 Å². The van der Waals surface area contributed by atoms with Gasteiger partial charge in [0, 0.05) is 11.6 Å². The molecular weight excluding hydrogens is 384 g/mol. The number of esters is 1. The minimum Gasteiger partial charge on any atom is -0.454 e. The number of hydrogen-bond donors (Lipinski definition) is 2. The summed E-state index contributed by atoms with van der Waals surface area (Å²) >= 11 is 0. The van der Waals surface area contributed by atoms with E-state index in [9.17, 15) is 22.8 Å². The van der Waals surface area contributed by atoms with Crippen LogP contribution in [0.4, 0.5) is 0 Å². The summed E-state index contributed by atoms with van der Waals surface area (Å²) in [7, 11) is -3.11. The third kappa shape index (κ3) is 6.33. The minimum absolute atomic E-state index is 0.0399. The van der Waals surface area contributed by atoms with E-state index in [-0.39, 0.29) is 17.4 Å². The lowest BCUT2D eigenvalue weighted by atomic mass is 10.0. The summed E-state index contributed by atoms with van der Waals surface area (Å²) in [5, 5.41) is 5.18. The van der Waals surface area contributed by atoms with E-state index < -0.39 is 46.3 Å². The van der Waals surface area contributed by atoms with Gasteiger partial charge in [0.15, 0.2) is 16.4 Å². The van der Waals surface area contributed by atoms with Crippen LogP contribution in [0.3, 0.4) is 0 Å². The number of carbonyl (C=O) groups excluding carboxylic acids is 3. The van der Waals surface area contributed by atoms with Crippen LogP contribution in [0.1, 0.15) is 36.2 Å². The highest BCUT2D eigenvalue weighted by atomic mass is 32.2. The maximum absolute atomic E-state index is 12.3. The second-order valence-electron chi connectivity index (χ2n) is 7.34. The normalized spacial score (nSPS) is 19.1. The van der Waals surface area contributed by atoms with Gasteiger partial charge < -0.3 is 15.4 Å². The predicted molar refractivity (Wildman–Crippen MR) is 103 cm³/mol. The fourth-order valence-electron chi connectivity index (χ4n) is 2.83. The fourth-order valence-corrected chi connectivity index (χ4v) is 4.51. The zero-order chi connectivity index (χ0) is 20.9. The summed E-state index contributed by atoms with van der Waals surface area (Å²) in [6.45, 7) is 4.89. The van der Waals surface area contributed by atoms with E-state index in [1.807, 2.05) is 6.92 Å². The Hall–Kier alpha value is -2.42. The van der Waals surface area contributed by atoms with Gasteiger partial charge in [-0.05, 0) is 31.4 Å². The summed E-state index contributed by atoms with van der Waals surface area (Å²) < 4.78 is 27.9. The highest BCUT2D eigenvalue weighted by Crippen LogP contribution is 2.11. The molecule has 0 saturated carbocycles. The molecule has 1 aromatic carbocycles. The van der Waals surface area contributed by atoms with E-state index in [1.54, 1.807) is 38.1 Å². The third-order valence-electron chi connectivity index (χ3n) is 4.46. The number of hydrogen-bond acceptors (Lipinski definition) is 6. The highest BCUT2D eigenvalue weighted by molar-refractivity contribution is 7.91. The van der Waals surface area contributed by atoms with Gasteiger partial charge >= 0.3 is 5.97 Å². The van der Waals surface area contributed by atoms with Crippen LogP contribution in [-0.2, 0) is 24.2 Å². The van der Waals surface area contributed by atoms with Crippen LogP contribution in [0, 0.1) is 12.8 Å². The molecule has 2 atom stereocenters. The van der Waals surface area contributed by atoms with Crippen molar-refractivity contribution in [3.63, 3.8) is 0 Å². The van der Waals surface area contributed by atoms with Gasteiger partial charge in [0.25, 0.3) is 11.8 Å². The third-order valence-corrected chi connectivity index (χ3v) is 6.23. The quantitative estimate of drug-likeness (QED) is 0.636. The number of ether oxygens (including phenoxy) is 1. The Bertz CT molecular complexity index is 832. The lowest BCUT2D eigenvalue weighted by Crippen LogP contribution is -2.46. The smallest absolute Gasteiger partial charge is 0.329 e. The Morgan fingerprint density at radius 3 is 2.36 bits per heavy atom. The molecule has 1 saturated heterocycles. The molecule has 0 spiro atoms. The minimum atomic E-state index is -3.11. The van der Waals surface area contributed by atoms with Crippen LogP contribution < -0.4 is 10.6 Å². The van der Waals surface area contributed by atoms with Crippen molar-refractivity contribution in [1.29, 1.82) is 0 Å². The van der Waals surface area contributed by atoms with Crippen LogP contribution in [0.15, 0.2) is 24.3 Å². The molecule has 9 heteroatoms. The zero-order valence-corrected chi connectivity index (χ0v) is 17.0. The molecular formula is C19H26N2O6S. The molecule has 28 heavy (non-hydrogen) atoms. The molecule has 8 nitrogen and oxygen atoms in total. The molecule has 1 heterocycles. The SMILES string of the molecule is Cc1ccc(C(=O)N[C@H](C(=O)OCC(=O)NC2CCS(=O)(=O)C2)C(C)C)cc1. The Morgan fingerprint density at radius 2 is 1.82 bits per heavy atom. The van der Waals surface area contributed by atoms with Gasteiger partial charge in [-0.3, -0.25) is 9.59 Å². The van der Waals surface area contributed by atoms with Gasteiger partial charge in [0.05, 0.1) is 11.5 Å². The first kappa shape index (κ1) is 21.9. The summed E-state index contributed by atoms with van der Waals surface area (Å²) in [4.78, 5) is 36.6. The van der Waals surface area contributed by atoms with Crippen molar-refractivity contribution in [2.45, 2.75) is 39.3 Å². The van der Waals surface area contributed by atoms with Crippen LogP contribution in [0.2, 0.25) is 0 Å². The van der Waals surface area contributed by atoms with E-state index >= 15 is 0 Å². The van der Waals surface area contributed by atoms with Gasteiger partial charge in [-0.15, -0.1) is 0 Å². The van der Waals surface area contributed by atoms with Gasteiger partial charge in [0.1, 0.15) is 6.04 Å². The van der Waals surface area contributed by atoms with Crippen molar-refractivity contribution in [3.8, 4) is 0 Å². The zero-order valence-electron chi connectivity index (χ0n) is 16.2. The van der Waals surface area contributed by atoms with E-state index in [2.05, 4.69) is 10.6 Å². The topological polar surface area (TPSA) is 119 Å². The molecule has 2 N–H and O–H groups in total. The lowest BCUT2D eigenvalue weighted by molar-refractivity contribution is -0.151. The summed E-state index contributed by atoms with van der Waals surface area (Å²) in [6.07, 6.45) is 0.350. The van der Waals surface area contributed by atoms with Crippen LogP contribution >= 0.6 is 0 Å². The monoisotopic (exact) mass is 410 g/mol. The molecule has 1 fully saturated rings. The lowest BCUT2D eigenvalue weighted by Gasteiger charge is -2.21. The van der Waals surface area contributed by atoms with E-state index in [0.717, 1.165) is 5.56 Å². The molecule has 1 aliphatic heterocycles. The molecule has 2 rings (SSSR count). The maximum atomic E-state index is 12.3. The number of aryl methyl sites for hydroxylation is 1. The first-order valence-electron chi connectivity index (χ1n) is 9.11. The molecule has 0 bridgehead atoms. The Balaban J connectivity index is 1.87.